The maximum atomic E-state index is 11.8. The quantitative estimate of drug-likeness (QED) is 0.846. The molecule has 0 radical (unpaired) electrons. The molecule has 1 aromatic carbocycles. The number of hydrogen-bond acceptors (Lipinski definition) is 5. The number of halogens is 1. The van der Waals surface area contributed by atoms with Gasteiger partial charge in [-0.15, -0.1) is 0 Å². The summed E-state index contributed by atoms with van der Waals surface area (Å²) in [4.78, 5) is 13.9. The van der Waals surface area contributed by atoms with Gasteiger partial charge >= 0.3 is 5.97 Å². The van der Waals surface area contributed by atoms with Gasteiger partial charge in [0.1, 0.15) is 11.8 Å². The van der Waals surface area contributed by atoms with Crippen LogP contribution in [0.1, 0.15) is 12.0 Å². The third kappa shape index (κ3) is 3.31. The summed E-state index contributed by atoms with van der Waals surface area (Å²) in [5.41, 5.74) is 0.927. The van der Waals surface area contributed by atoms with Crippen LogP contribution >= 0.6 is 15.9 Å². The third-order valence-corrected chi connectivity index (χ3v) is 4.35. The van der Waals surface area contributed by atoms with Crippen molar-refractivity contribution >= 4 is 21.9 Å². The molecule has 0 aromatic heterocycles. The van der Waals surface area contributed by atoms with E-state index >= 15 is 0 Å². The van der Waals surface area contributed by atoms with Gasteiger partial charge in [-0.3, -0.25) is 9.69 Å². The van der Waals surface area contributed by atoms with Crippen molar-refractivity contribution in [2.24, 2.45) is 0 Å². The minimum Gasteiger partial charge on any atom is -0.508 e. The summed E-state index contributed by atoms with van der Waals surface area (Å²) in [6.07, 6.45) is 0.648. The van der Waals surface area contributed by atoms with Gasteiger partial charge in [-0.1, -0.05) is 15.9 Å². The van der Waals surface area contributed by atoms with Crippen LogP contribution in [0.25, 0.3) is 0 Å². The standard InChI is InChI=1S/C14H18BrNO4/c1-19-11-6-13(14(18)20-2)16(8-11)7-9-5-10(17)3-4-12(9)15/h3-5,11,13,17H,6-8H2,1-2H3/t11-,13-/m1/s1. The molecule has 1 fully saturated rings. The lowest BCUT2D eigenvalue weighted by molar-refractivity contribution is -0.146. The Morgan fingerprint density at radius 1 is 1.50 bits per heavy atom. The number of ether oxygens (including phenoxy) is 2. The van der Waals surface area contributed by atoms with Crippen LogP contribution in [0.15, 0.2) is 22.7 Å². The van der Waals surface area contributed by atoms with Crippen molar-refractivity contribution < 1.29 is 19.4 Å². The van der Waals surface area contributed by atoms with Gasteiger partial charge in [-0.2, -0.15) is 0 Å². The summed E-state index contributed by atoms with van der Waals surface area (Å²) in [5, 5.41) is 9.58. The fourth-order valence-corrected chi connectivity index (χ4v) is 2.86. The number of esters is 1. The van der Waals surface area contributed by atoms with Crippen LogP contribution in [0.5, 0.6) is 5.75 Å². The fraction of sp³-hybridized carbons (Fsp3) is 0.500. The number of phenolic OH excluding ortho intramolecular Hbond substituents is 1. The lowest BCUT2D eigenvalue weighted by Crippen LogP contribution is -2.36. The summed E-state index contributed by atoms with van der Waals surface area (Å²) in [7, 11) is 3.04. The van der Waals surface area contributed by atoms with Crippen molar-refractivity contribution in [3.05, 3.63) is 28.2 Å². The van der Waals surface area contributed by atoms with Gasteiger partial charge in [0.05, 0.1) is 13.2 Å². The van der Waals surface area contributed by atoms with Crippen molar-refractivity contribution in [3.8, 4) is 5.75 Å². The molecule has 5 nitrogen and oxygen atoms in total. The molecule has 0 spiro atoms. The number of hydrogen-bond donors (Lipinski definition) is 1. The molecule has 0 unspecified atom stereocenters. The Balaban J connectivity index is 2.17. The highest BCUT2D eigenvalue weighted by atomic mass is 79.9. The van der Waals surface area contributed by atoms with Crippen molar-refractivity contribution in [2.45, 2.75) is 25.1 Å². The summed E-state index contributed by atoms with van der Waals surface area (Å²) in [6.45, 7) is 1.22. The molecule has 2 rings (SSSR count). The van der Waals surface area contributed by atoms with Crippen LogP contribution in [0, 0.1) is 0 Å². The van der Waals surface area contributed by atoms with Crippen molar-refractivity contribution in [3.63, 3.8) is 0 Å². The molecule has 1 saturated heterocycles. The maximum Gasteiger partial charge on any atom is 0.323 e. The van der Waals surface area contributed by atoms with Crippen molar-refractivity contribution in [1.82, 2.24) is 4.90 Å². The predicted octanol–water partition coefficient (Wildman–Crippen LogP) is 1.92. The molecule has 0 aliphatic carbocycles. The van der Waals surface area contributed by atoms with E-state index in [9.17, 15) is 9.90 Å². The normalized spacial score (nSPS) is 22.9. The van der Waals surface area contributed by atoms with Gasteiger partial charge < -0.3 is 14.6 Å². The number of likely N-dealkylation sites (tertiary alicyclic amines) is 1. The maximum absolute atomic E-state index is 11.8. The lowest BCUT2D eigenvalue weighted by atomic mass is 10.1. The average Bonchev–Trinajstić information content (AvgIpc) is 2.85. The number of rotatable bonds is 4. The Bertz CT molecular complexity index is 494. The second-order valence-corrected chi connectivity index (χ2v) is 5.69. The van der Waals surface area contributed by atoms with E-state index in [2.05, 4.69) is 15.9 Å². The Morgan fingerprint density at radius 3 is 2.90 bits per heavy atom. The van der Waals surface area contributed by atoms with E-state index in [4.69, 9.17) is 9.47 Å². The monoisotopic (exact) mass is 343 g/mol. The fourth-order valence-electron chi connectivity index (χ4n) is 2.49. The Kier molecular flexibility index (Phi) is 5.01. The minimum atomic E-state index is -0.306. The van der Waals surface area contributed by atoms with E-state index in [1.54, 1.807) is 25.3 Å². The summed E-state index contributed by atoms with van der Waals surface area (Å²) >= 11 is 3.46. The average molecular weight is 344 g/mol. The van der Waals surface area contributed by atoms with Gasteiger partial charge in [0.2, 0.25) is 0 Å². The molecule has 20 heavy (non-hydrogen) atoms. The van der Waals surface area contributed by atoms with Crippen LogP contribution in [-0.4, -0.2) is 48.9 Å². The molecular weight excluding hydrogens is 326 g/mol. The van der Waals surface area contributed by atoms with Gasteiger partial charge in [0, 0.05) is 31.1 Å². The van der Waals surface area contributed by atoms with Crippen LogP contribution in [0.3, 0.4) is 0 Å². The van der Waals surface area contributed by atoms with Crippen molar-refractivity contribution in [1.29, 1.82) is 0 Å². The minimum absolute atomic E-state index is 0.0233. The summed E-state index contributed by atoms with van der Waals surface area (Å²) in [6, 6.07) is 4.80. The number of carbonyl (C=O) groups excluding carboxylic acids is 1. The summed E-state index contributed by atoms with van der Waals surface area (Å²) in [5.74, 6) is -0.0406. The molecule has 2 atom stereocenters. The number of aromatic hydroxyl groups is 1. The molecular formula is C14H18BrNO4. The van der Waals surface area contributed by atoms with Gasteiger partial charge in [-0.05, 0) is 23.8 Å². The highest BCUT2D eigenvalue weighted by molar-refractivity contribution is 9.10. The molecule has 1 aliphatic rings. The SMILES string of the molecule is COC(=O)[C@H]1C[C@@H](OC)CN1Cc1cc(O)ccc1Br. The van der Waals surface area contributed by atoms with Crippen LogP contribution in [-0.2, 0) is 20.8 Å². The number of carbonyl (C=O) groups is 1. The van der Waals surface area contributed by atoms with Crippen LogP contribution < -0.4 is 0 Å². The van der Waals surface area contributed by atoms with E-state index in [0.717, 1.165) is 10.0 Å². The first-order valence-electron chi connectivity index (χ1n) is 6.37. The molecule has 1 aliphatic heterocycles. The largest absolute Gasteiger partial charge is 0.508 e. The van der Waals surface area contributed by atoms with Crippen molar-refractivity contribution in [2.75, 3.05) is 20.8 Å². The molecule has 0 amide bonds. The molecule has 110 valence electrons. The zero-order valence-corrected chi connectivity index (χ0v) is 13.1. The highest BCUT2D eigenvalue weighted by Crippen LogP contribution is 2.28. The molecule has 1 heterocycles. The first-order chi connectivity index (χ1) is 9.55. The topological polar surface area (TPSA) is 59.0 Å². The van der Waals surface area contributed by atoms with Crippen LogP contribution in [0.4, 0.5) is 0 Å². The summed E-state index contributed by atoms with van der Waals surface area (Å²) < 4.78 is 11.1. The van der Waals surface area contributed by atoms with E-state index in [-0.39, 0.29) is 23.9 Å². The van der Waals surface area contributed by atoms with E-state index in [1.807, 2.05) is 4.90 Å². The zero-order chi connectivity index (χ0) is 14.7. The molecule has 1 aromatic rings. The van der Waals surface area contributed by atoms with Crippen LogP contribution in [0.2, 0.25) is 0 Å². The molecule has 1 N–H and O–H groups in total. The Labute approximate surface area is 126 Å². The van der Waals surface area contributed by atoms with E-state index in [0.29, 0.717) is 19.5 Å². The Hall–Kier alpha value is -1.11. The smallest absolute Gasteiger partial charge is 0.323 e. The second-order valence-electron chi connectivity index (χ2n) is 4.84. The van der Waals surface area contributed by atoms with Gasteiger partial charge in [0.15, 0.2) is 0 Å². The van der Waals surface area contributed by atoms with Gasteiger partial charge in [-0.25, -0.2) is 0 Å². The number of benzene rings is 1. The predicted molar refractivity (Wildman–Crippen MR) is 77.4 cm³/mol. The zero-order valence-electron chi connectivity index (χ0n) is 11.5. The third-order valence-electron chi connectivity index (χ3n) is 3.57. The van der Waals surface area contributed by atoms with E-state index in [1.165, 1.54) is 7.11 Å². The molecule has 0 bridgehead atoms. The number of methoxy groups -OCH3 is 2. The number of nitrogens with zero attached hydrogens (tertiary/aromatic N) is 1. The Morgan fingerprint density at radius 2 is 2.25 bits per heavy atom. The molecule has 0 saturated carbocycles. The lowest BCUT2D eigenvalue weighted by Gasteiger charge is -2.22. The molecule has 6 heteroatoms. The number of phenols is 1. The first kappa shape index (κ1) is 15.3. The first-order valence-corrected chi connectivity index (χ1v) is 7.16. The van der Waals surface area contributed by atoms with E-state index < -0.39 is 0 Å². The highest BCUT2D eigenvalue weighted by Gasteiger charge is 2.37. The van der Waals surface area contributed by atoms with Gasteiger partial charge in [0.25, 0.3) is 0 Å². The second kappa shape index (κ2) is 6.56.